The van der Waals surface area contributed by atoms with E-state index in [-0.39, 0.29) is 0 Å². The van der Waals surface area contributed by atoms with Crippen LogP contribution in [0.5, 0.6) is 0 Å². The fraction of sp³-hybridized carbons (Fsp3) is 0.467. The number of hydrogen-bond acceptors (Lipinski definition) is 3. The number of rotatable bonds is 8. The van der Waals surface area contributed by atoms with Gasteiger partial charge in [-0.05, 0) is 24.6 Å². The molecule has 0 atom stereocenters. The van der Waals surface area contributed by atoms with E-state index < -0.39 is 0 Å². The van der Waals surface area contributed by atoms with Gasteiger partial charge in [-0.25, -0.2) is 0 Å². The van der Waals surface area contributed by atoms with Gasteiger partial charge in [0, 0.05) is 31.4 Å². The minimum Gasteiger partial charge on any atom is -0.382 e. The van der Waals surface area contributed by atoms with Crippen LogP contribution in [-0.2, 0) is 22.6 Å². The van der Waals surface area contributed by atoms with Gasteiger partial charge in [-0.3, -0.25) is 0 Å². The highest BCUT2D eigenvalue weighted by Gasteiger charge is 2.07. The molecule has 0 aliphatic carbocycles. The van der Waals surface area contributed by atoms with Gasteiger partial charge in [0.2, 0.25) is 0 Å². The molecule has 1 aromatic heterocycles. The molecule has 1 heterocycles. The minimum atomic E-state index is 0.649. The Hall–Kier alpha value is -1.36. The van der Waals surface area contributed by atoms with Crippen molar-refractivity contribution in [3.05, 3.63) is 36.0 Å². The maximum atomic E-state index is 5.56. The Morgan fingerprint density at radius 2 is 2.00 bits per heavy atom. The summed E-state index contributed by atoms with van der Waals surface area (Å²) in [6, 6.07) is 10.7. The van der Waals surface area contributed by atoms with Crippen LogP contribution in [0, 0.1) is 0 Å². The van der Waals surface area contributed by atoms with Crippen LogP contribution >= 0.6 is 0 Å². The predicted octanol–water partition coefficient (Wildman–Crippen LogP) is 2.02. The third-order valence-corrected chi connectivity index (χ3v) is 3.15. The zero-order valence-electron chi connectivity index (χ0n) is 11.7. The third kappa shape index (κ3) is 3.56. The highest BCUT2D eigenvalue weighted by Crippen LogP contribution is 2.19. The van der Waals surface area contributed by atoms with Crippen molar-refractivity contribution in [2.24, 2.45) is 0 Å². The summed E-state index contributed by atoms with van der Waals surface area (Å²) >= 11 is 0. The second-order valence-electron chi connectivity index (χ2n) is 4.48. The van der Waals surface area contributed by atoms with Gasteiger partial charge < -0.3 is 19.4 Å². The average Bonchev–Trinajstić information content (AvgIpc) is 2.77. The Morgan fingerprint density at radius 1 is 1.16 bits per heavy atom. The topological polar surface area (TPSA) is 35.4 Å². The molecule has 0 aliphatic rings. The number of nitrogens with one attached hydrogen (secondary N) is 1. The first kappa shape index (κ1) is 14.1. The maximum absolute atomic E-state index is 5.56. The molecule has 0 saturated heterocycles. The van der Waals surface area contributed by atoms with Gasteiger partial charge in [0.25, 0.3) is 0 Å². The number of ether oxygens (including phenoxy) is 2. The summed E-state index contributed by atoms with van der Waals surface area (Å²) in [7, 11) is 3.66. The molecule has 0 radical (unpaired) electrons. The van der Waals surface area contributed by atoms with Gasteiger partial charge in [-0.1, -0.05) is 18.2 Å². The van der Waals surface area contributed by atoms with Crippen molar-refractivity contribution in [1.29, 1.82) is 0 Å². The SMILES string of the molecule is CNCc1cc2ccccc2n1CCOCCOC. The Morgan fingerprint density at radius 3 is 2.79 bits per heavy atom. The van der Waals surface area contributed by atoms with Crippen LogP contribution < -0.4 is 5.32 Å². The number of para-hydroxylation sites is 1. The van der Waals surface area contributed by atoms with Crippen molar-refractivity contribution in [3.8, 4) is 0 Å². The summed E-state index contributed by atoms with van der Waals surface area (Å²) in [6.07, 6.45) is 0. The summed E-state index contributed by atoms with van der Waals surface area (Å²) in [5.74, 6) is 0. The largest absolute Gasteiger partial charge is 0.382 e. The van der Waals surface area contributed by atoms with Gasteiger partial charge in [-0.2, -0.15) is 0 Å². The van der Waals surface area contributed by atoms with Crippen molar-refractivity contribution in [2.75, 3.05) is 34.0 Å². The molecule has 0 amide bonds. The van der Waals surface area contributed by atoms with Gasteiger partial charge in [-0.15, -0.1) is 0 Å². The first-order valence-electron chi connectivity index (χ1n) is 6.65. The average molecular weight is 262 g/mol. The lowest BCUT2D eigenvalue weighted by atomic mass is 10.2. The van der Waals surface area contributed by atoms with E-state index in [0.717, 1.165) is 13.1 Å². The van der Waals surface area contributed by atoms with Crippen LogP contribution in [0.4, 0.5) is 0 Å². The molecular formula is C15H22N2O2. The monoisotopic (exact) mass is 262 g/mol. The lowest BCUT2D eigenvalue weighted by molar-refractivity contribution is 0.0667. The van der Waals surface area contributed by atoms with E-state index in [1.807, 2.05) is 7.05 Å². The molecule has 0 spiro atoms. The summed E-state index contributed by atoms with van der Waals surface area (Å²) < 4.78 is 12.9. The predicted molar refractivity (Wildman–Crippen MR) is 77.4 cm³/mol. The van der Waals surface area contributed by atoms with E-state index in [0.29, 0.717) is 19.8 Å². The molecule has 1 aromatic carbocycles. The zero-order chi connectivity index (χ0) is 13.5. The maximum Gasteiger partial charge on any atom is 0.0701 e. The number of hydrogen-bond donors (Lipinski definition) is 1. The molecule has 0 saturated carbocycles. The van der Waals surface area contributed by atoms with Crippen LogP contribution in [0.3, 0.4) is 0 Å². The van der Waals surface area contributed by atoms with Crippen LogP contribution in [0.1, 0.15) is 5.69 Å². The Balaban J connectivity index is 2.08. The Labute approximate surface area is 114 Å². The lowest BCUT2D eigenvalue weighted by Gasteiger charge is -2.11. The highest BCUT2D eigenvalue weighted by atomic mass is 16.5. The fourth-order valence-electron chi connectivity index (χ4n) is 2.26. The zero-order valence-corrected chi connectivity index (χ0v) is 11.7. The second-order valence-corrected chi connectivity index (χ2v) is 4.48. The van der Waals surface area contributed by atoms with Crippen LogP contribution in [0.15, 0.2) is 30.3 Å². The molecule has 2 rings (SSSR count). The van der Waals surface area contributed by atoms with Crippen LogP contribution in [0.25, 0.3) is 10.9 Å². The molecule has 19 heavy (non-hydrogen) atoms. The number of methoxy groups -OCH3 is 1. The molecular weight excluding hydrogens is 240 g/mol. The van der Waals surface area contributed by atoms with Crippen molar-refractivity contribution >= 4 is 10.9 Å². The first-order valence-corrected chi connectivity index (χ1v) is 6.65. The molecule has 0 aliphatic heterocycles. The minimum absolute atomic E-state index is 0.649. The van der Waals surface area contributed by atoms with Gasteiger partial charge >= 0.3 is 0 Å². The number of aromatic nitrogens is 1. The van der Waals surface area contributed by atoms with Gasteiger partial charge in [0.1, 0.15) is 0 Å². The van der Waals surface area contributed by atoms with E-state index in [2.05, 4.69) is 40.2 Å². The molecule has 0 unspecified atom stereocenters. The lowest BCUT2D eigenvalue weighted by Crippen LogP contribution is -2.14. The number of fused-ring (bicyclic) bond motifs is 1. The third-order valence-electron chi connectivity index (χ3n) is 3.15. The van der Waals surface area contributed by atoms with Crippen molar-refractivity contribution < 1.29 is 9.47 Å². The van der Waals surface area contributed by atoms with E-state index in [4.69, 9.17) is 9.47 Å². The first-order chi connectivity index (χ1) is 9.36. The Kier molecular flexibility index (Phi) is 5.39. The van der Waals surface area contributed by atoms with Crippen LogP contribution in [-0.4, -0.2) is 38.5 Å². The summed E-state index contributed by atoms with van der Waals surface area (Å²) in [5.41, 5.74) is 2.56. The van der Waals surface area contributed by atoms with E-state index in [1.165, 1.54) is 16.6 Å². The molecule has 104 valence electrons. The summed E-state index contributed by atoms with van der Waals surface area (Å²) in [5, 5.41) is 4.50. The normalized spacial score (nSPS) is 11.3. The molecule has 1 N–H and O–H groups in total. The van der Waals surface area contributed by atoms with Crippen molar-refractivity contribution in [1.82, 2.24) is 9.88 Å². The standard InChI is InChI=1S/C15H22N2O2/c1-16-12-14-11-13-5-3-4-6-15(13)17(14)7-8-19-10-9-18-2/h3-6,11,16H,7-10,12H2,1-2H3. The van der Waals surface area contributed by atoms with E-state index in [1.54, 1.807) is 7.11 Å². The number of nitrogens with zero attached hydrogens (tertiary/aromatic N) is 1. The molecule has 4 nitrogen and oxygen atoms in total. The van der Waals surface area contributed by atoms with E-state index >= 15 is 0 Å². The second kappa shape index (κ2) is 7.28. The smallest absolute Gasteiger partial charge is 0.0701 e. The molecule has 0 fully saturated rings. The summed E-state index contributed by atoms with van der Waals surface area (Å²) in [4.78, 5) is 0. The van der Waals surface area contributed by atoms with E-state index in [9.17, 15) is 0 Å². The molecule has 0 bridgehead atoms. The summed E-state index contributed by atoms with van der Waals surface area (Å²) in [6.45, 7) is 3.74. The highest BCUT2D eigenvalue weighted by molar-refractivity contribution is 5.81. The number of benzene rings is 1. The molecule has 2 aromatic rings. The van der Waals surface area contributed by atoms with Crippen molar-refractivity contribution in [3.63, 3.8) is 0 Å². The molecule has 4 heteroatoms. The van der Waals surface area contributed by atoms with Crippen molar-refractivity contribution in [2.45, 2.75) is 13.1 Å². The van der Waals surface area contributed by atoms with Crippen LogP contribution in [0.2, 0.25) is 0 Å². The Bertz CT molecular complexity index is 508. The quantitative estimate of drug-likeness (QED) is 0.739. The van der Waals surface area contributed by atoms with Gasteiger partial charge in [0.15, 0.2) is 0 Å². The van der Waals surface area contributed by atoms with Gasteiger partial charge in [0.05, 0.1) is 19.8 Å². The fourth-order valence-corrected chi connectivity index (χ4v) is 2.26.